The van der Waals surface area contributed by atoms with E-state index in [0.29, 0.717) is 55.6 Å². The van der Waals surface area contributed by atoms with Gasteiger partial charge in [0.2, 0.25) is 0 Å². The van der Waals surface area contributed by atoms with E-state index in [1.54, 1.807) is 37.7 Å². The molecule has 1 unspecified atom stereocenters. The molecule has 2 heterocycles. The third-order valence-electron chi connectivity index (χ3n) is 5.85. The number of ether oxygens (including phenoxy) is 4. The van der Waals surface area contributed by atoms with Crippen LogP contribution in [-0.4, -0.2) is 28.4 Å². The van der Waals surface area contributed by atoms with E-state index in [9.17, 15) is 4.21 Å². The molecule has 0 saturated carbocycles. The van der Waals surface area contributed by atoms with E-state index in [4.69, 9.17) is 57.0 Å². The largest absolute Gasteiger partial charge is 0.493 e. The average molecular weight is 959 g/mol. The first-order chi connectivity index (χ1) is 22.5. The molecule has 5 rings (SSSR count). The number of rotatable bonds is 11. The predicted molar refractivity (Wildman–Crippen MR) is 201 cm³/mol. The van der Waals surface area contributed by atoms with Gasteiger partial charge in [0, 0.05) is 67.6 Å². The minimum Gasteiger partial charge on any atom is -0.493 e. The van der Waals surface area contributed by atoms with Gasteiger partial charge < -0.3 is 28.4 Å². The van der Waals surface area contributed by atoms with E-state index < -0.39 is 10.3 Å². The number of benzene rings is 3. The Balaban J connectivity index is 0.000000218. The molecule has 246 valence electrons. The third-order valence-corrected chi connectivity index (χ3v) is 8.84. The first kappa shape index (κ1) is 37.3. The van der Waals surface area contributed by atoms with Crippen LogP contribution in [0.25, 0.3) is 0 Å². The SMILES string of the molecule is COc1cc(CNc2ccc(I)cc2)c(Br)cc1Oc1cncc(Cl)c1.COc1cc(OS(=O)Cl)c(Br)cc1Oc1cncc(Cl)c1. The molecule has 16 heteroatoms. The summed E-state index contributed by atoms with van der Waals surface area (Å²) in [4.78, 5) is 7.95. The number of halogens is 6. The first-order valence-corrected chi connectivity index (χ1v) is 18.4. The number of aromatic nitrogens is 2. The van der Waals surface area contributed by atoms with Crippen molar-refractivity contribution in [2.45, 2.75) is 6.54 Å². The number of nitrogens with one attached hydrogen (secondary N) is 1. The van der Waals surface area contributed by atoms with Crippen molar-refractivity contribution in [3.8, 4) is 40.2 Å². The van der Waals surface area contributed by atoms with E-state index in [2.05, 4.69) is 94.0 Å². The minimum atomic E-state index is -1.97. The van der Waals surface area contributed by atoms with Gasteiger partial charge in [0.05, 0.1) is 41.1 Å². The Hall–Kier alpha value is -2.53. The number of pyridine rings is 2. The Kier molecular flexibility index (Phi) is 14.5. The van der Waals surface area contributed by atoms with Crippen LogP contribution in [0.2, 0.25) is 10.0 Å². The number of nitrogens with zero attached hydrogens (tertiary/aromatic N) is 2. The van der Waals surface area contributed by atoms with Crippen molar-refractivity contribution < 1.29 is 27.3 Å². The summed E-state index contributed by atoms with van der Waals surface area (Å²) >= 11 is 21.0. The van der Waals surface area contributed by atoms with Gasteiger partial charge in [0.15, 0.2) is 28.7 Å². The van der Waals surface area contributed by atoms with Crippen molar-refractivity contribution >= 4 is 104 Å². The standard InChI is InChI=1S/C19H15BrClIN2O2.C12H8BrCl2NO4S/c1-25-18-6-12(9-24-15-4-2-14(22)3-5-15)17(20)8-19(18)26-16-7-13(21)10-23-11-16;1-18-11-4-10(20-21(15)17)9(13)3-12(11)19-8-2-7(14)5-16-6-8/h2-8,10-11,24H,9H2,1H3;2-6H,1H3. The summed E-state index contributed by atoms with van der Waals surface area (Å²) in [5.74, 6) is 3.25. The van der Waals surface area contributed by atoms with Gasteiger partial charge in [-0.3, -0.25) is 9.97 Å². The molecule has 47 heavy (non-hydrogen) atoms. The maximum atomic E-state index is 10.9. The third kappa shape index (κ3) is 11.5. The van der Waals surface area contributed by atoms with Crippen LogP contribution < -0.4 is 28.4 Å². The lowest BCUT2D eigenvalue weighted by Gasteiger charge is -2.14. The Bertz CT molecular complexity index is 1860. The number of methoxy groups -OCH3 is 2. The lowest BCUT2D eigenvalue weighted by atomic mass is 10.2. The second-order valence-corrected chi connectivity index (χ2v) is 14.2. The summed E-state index contributed by atoms with van der Waals surface area (Å²) in [7, 11) is 6.41. The van der Waals surface area contributed by atoms with E-state index in [0.717, 1.165) is 15.7 Å². The van der Waals surface area contributed by atoms with E-state index in [1.165, 1.54) is 29.1 Å². The molecule has 3 aromatic carbocycles. The molecule has 0 spiro atoms. The molecule has 5 aromatic rings. The highest BCUT2D eigenvalue weighted by atomic mass is 127. The van der Waals surface area contributed by atoms with Gasteiger partial charge >= 0.3 is 10.3 Å². The van der Waals surface area contributed by atoms with Crippen molar-refractivity contribution in [1.29, 1.82) is 0 Å². The van der Waals surface area contributed by atoms with Crippen LogP contribution >= 0.6 is 88.3 Å². The molecular weight excluding hydrogens is 935 g/mol. The van der Waals surface area contributed by atoms with Crippen molar-refractivity contribution in [2.75, 3.05) is 19.5 Å². The van der Waals surface area contributed by atoms with Gasteiger partial charge in [0.25, 0.3) is 0 Å². The maximum absolute atomic E-state index is 10.9. The topological polar surface area (TPSA) is 101 Å². The fourth-order valence-corrected chi connectivity index (χ4v) is 5.90. The van der Waals surface area contributed by atoms with Gasteiger partial charge in [0.1, 0.15) is 11.5 Å². The first-order valence-electron chi connectivity index (χ1n) is 13.1. The van der Waals surface area contributed by atoms with Gasteiger partial charge in [-0.1, -0.05) is 39.1 Å². The highest BCUT2D eigenvalue weighted by Crippen LogP contribution is 2.41. The molecule has 0 fully saturated rings. The molecule has 0 aliphatic heterocycles. The summed E-state index contributed by atoms with van der Waals surface area (Å²) in [5.41, 5.74) is 2.11. The van der Waals surface area contributed by atoms with Gasteiger partial charge in [-0.05, 0) is 80.5 Å². The Morgan fingerprint density at radius 3 is 1.79 bits per heavy atom. The highest BCUT2D eigenvalue weighted by Gasteiger charge is 2.15. The van der Waals surface area contributed by atoms with Crippen molar-refractivity contribution in [3.63, 3.8) is 0 Å². The zero-order chi connectivity index (χ0) is 33.9. The Labute approximate surface area is 318 Å². The molecule has 2 aromatic heterocycles. The predicted octanol–water partition coefficient (Wildman–Crippen LogP) is 11.0. The van der Waals surface area contributed by atoms with Crippen LogP contribution in [0, 0.1) is 3.57 Å². The smallest absolute Gasteiger partial charge is 0.308 e. The zero-order valence-corrected chi connectivity index (χ0v) is 32.7. The van der Waals surface area contributed by atoms with Crippen LogP contribution in [0.15, 0.2) is 94.4 Å². The molecule has 0 saturated heterocycles. The normalized spacial score (nSPS) is 11.1. The monoisotopic (exact) mass is 955 g/mol. The second kappa shape index (κ2) is 18.3. The fourth-order valence-electron chi connectivity index (χ4n) is 3.76. The van der Waals surface area contributed by atoms with Crippen LogP contribution in [0.1, 0.15) is 5.56 Å². The van der Waals surface area contributed by atoms with Crippen molar-refractivity contribution in [2.24, 2.45) is 0 Å². The van der Waals surface area contributed by atoms with Crippen LogP contribution in [0.3, 0.4) is 0 Å². The fraction of sp³-hybridized carbons (Fsp3) is 0.0968. The number of anilines is 1. The molecule has 0 amide bonds. The molecule has 1 N–H and O–H groups in total. The van der Waals surface area contributed by atoms with Crippen molar-refractivity contribution in [1.82, 2.24) is 9.97 Å². The second-order valence-electron chi connectivity index (χ2n) is 9.05. The van der Waals surface area contributed by atoms with Gasteiger partial charge in [-0.25, -0.2) is 0 Å². The van der Waals surface area contributed by atoms with E-state index in [1.807, 2.05) is 12.1 Å². The molecule has 0 radical (unpaired) electrons. The Morgan fingerprint density at radius 2 is 1.28 bits per heavy atom. The van der Waals surface area contributed by atoms with Gasteiger partial charge in [-0.15, -0.1) is 0 Å². The van der Waals surface area contributed by atoms with Crippen LogP contribution in [-0.2, 0) is 16.8 Å². The minimum absolute atomic E-state index is 0.261. The molecular formula is C31H23Br2Cl3IN3O6S. The summed E-state index contributed by atoms with van der Waals surface area (Å²) in [6.45, 7) is 0.649. The van der Waals surface area contributed by atoms with E-state index >= 15 is 0 Å². The summed E-state index contributed by atoms with van der Waals surface area (Å²) < 4.78 is 40.7. The lowest BCUT2D eigenvalue weighted by Crippen LogP contribution is -2.01. The highest BCUT2D eigenvalue weighted by molar-refractivity contribution is 14.1. The zero-order valence-electron chi connectivity index (χ0n) is 24.3. The quantitative estimate of drug-likeness (QED) is 0.102. The van der Waals surface area contributed by atoms with Crippen LogP contribution in [0.5, 0.6) is 40.2 Å². The van der Waals surface area contributed by atoms with Gasteiger partial charge in [-0.2, -0.15) is 4.21 Å². The number of hydrogen-bond acceptors (Lipinski definition) is 9. The molecule has 0 aliphatic carbocycles. The average Bonchev–Trinajstić information content (AvgIpc) is 3.03. The van der Waals surface area contributed by atoms with Crippen LogP contribution in [0.4, 0.5) is 5.69 Å². The summed E-state index contributed by atoms with van der Waals surface area (Å²) in [6, 6.07) is 18.5. The molecule has 9 nitrogen and oxygen atoms in total. The molecule has 0 bridgehead atoms. The molecule has 1 atom stereocenters. The summed E-state index contributed by atoms with van der Waals surface area (Å²) in [6.07, 6.45) is 6.16. The summed E-state index contributed by atoms with van der Waals surface area (Å²) in [5, 5.41) is 4.36. The molecule has 0 aliphatic rings. The van der Waals surface area contributed by atoms with E-state index in [-0.39, 0.29) is 5.75 Å². The Morgan fingerprint density at radius 1 is 0.745 bits per heavy atom. The lowest BCUT2D eigenvalue weighted by molar-refractivity contribution is 0.376. The number of hydrogen-bond donors (Lipinski definition) is 1. The van der Waals surface area contributed by atoms with Crippen molar-refractivity contribution in [3.05, 3.63) is 114 Å². The maximum Gasteiger partial charge on any atom is 0.308 e.